The van der Waals surface area contributed by atoms with Gasteiger partial charge in [-0.05, 0) is 75.9 Å². The maximum Gasteiger partial charge on any atom is 0.262 e. The van der Waals surface area contributed by atoms with E-state index in [9.17, 15) is 9.59 Å². The van der Waals surface area contributed by atoms with Crippen LogP contribution in [-0.4, -0.2) is 59.1 Å². The molecule has 2 aliphatic rings. The number of fused-ring (bicyclic) bond motifs is 1. The number of amides is 1. The van der Waals surface area contributed by atoms with Crippen LogP contribution in [0.15, 0.2) is 47.3 Å². The third-order valence-electron chi connectivity index (χ3n) is 6.94. The molecule has 0 bridgehead atoms. The van der Waals surface area contributed by atoms with Crippen molar-refractivity contribution in [1.29, 1.82) is 0 Å². The zero-order valence-corrected chi connectivity index (χ0v) is 21.8. The highest BCUT2D eigenvalue weighted by Crippen LogP contribution is 2.30. The molecule has 36 heavy (non-hydrogen) atoms. The van der Waals surface area contributed by atoms with Crippen LogP contribution in [-0.2, 0) is 11.3 Å². The van der Waals surface area contributed by atoms with Crippen molar-refractivity contribution in [2.24, 2.45) is 5.92 Å². The Morgan fingerprint density at radius 1 is 1.11 bits per heavy atom. The molecule has 1 N–H and O–H groups in total. The molecular weight excluding hydrogens is 474 g/mol. The average molecular weight is 508 g/mol. The lowest BCUT2D eigenvalue weighted by atomic mass is 10.1. The third-order valence-corrected chi connectivity index (χ3v) is 7.17. The number of carbonyl (C=O) groups excluding carboxylic acids is 1. The van der Waals surface area contributed by atoms with E-state index in [0.717, 1.165) is 44.2 Å². The van der Waals surface area contributed by atoms with Gasteiger partial charge in [0.15, 0.2) is 0 Å². The van der Waals surface area contributed by atoms with E-state index in [-0.39, 0.29) is 24.1 Å². The van der Waals surface area contributed by atoms with Crippen LogP contribution >= 0.6 is 11.6 Å². The Balaban J connectivity index is 1.50. The normalized spacial score (nSPS) is 16.9. The number of hydrogen-bond acceptors (Lipinski definition) is 5. The Labute approximate surface area is 217 Å². The van der Waals surface area contributed by atoms with Crippen LogP contribution in [0.5, 0.6) is 0 Å². The lowest BCUT2D eigenvalue weighted by Crippen LogP contribution is -2.37. The van der Waals surface area contributed by atoms with Gasteiger partial charge in [0.2, 0.25) is 5.91 Å². The molecule has 0 unspecified atom stereocenters. The summed E-state index contributed by atoms with van der Waals surface area (Å²) in [5.74, 6) is 1.10. The van der Waals surface area contributed by atoms with Gasteiger partial charge in [-0.25, -0.2) is 4.98 Å². The van der Waals surface area contributed by atoms with Crippen LogP contribution < -0.4 is 15.8 Å². The first kappa shape index (κ1) is 24.8. The molecule has 3 aromatic rings. The predicted molar refractivity (Wildman–Crippen MR) is 146 cm³/mol. The van der Waals surface area contributed by atoms with E-state index in [1.165, 1.54) is 24.0 Å². The molecule has 1 aliphatic carbocycles. The largest absolute Gasteiger partial charge is 0.370 e. The molecule has 8 heteroatoms. The van der Waals surface area contributed by atoms with E-state index in [0.29, 0.717) is 27.3 Å². The molecule has 2 fully saturated rings. The van der Waals surface area contributed by atoms with E-state index in [4.69, 9.17) is 16.6 Å². The van der Waals surface area contributed by atoms with Crippen molar-refractivity contribution in [1.82, 2.24) is 19.8 Å². The highest BCUT2D eigenvalue weighted by Gasteiger charge is 2.26. The van der Waals surface area contributed by atoms with E-state index in [1.54, 1.807) is 12.1 Å². The predicted octanol–water partition coefficient (Wildman–Crippen LogP) is 4.16. The van der Waals surface area contributed by atoms with Crippen molar-refractivity contribution < 1.29 is 4.79 Å². The van der Waals surface area contributed by atoms with Crippen LogP contribution in [0.4, 0.5) is 5.69 Å². The molecule has 2 heterocycles. The van der Waals surface area contributed by atoms with Gasteiger partial charge in [-0.1, -0.05) is 23.7 Å². The van der Waals surface area contributed by atoms with Crippen molar-refractivity contribution in [3.05, 3.63) is 57.8 Å². The van der Waals surface area contributed by atoms with Gasteiger partial charge in [-0.15, -0.1) is 0 Å². The van der Waals surface area contributed by atoms with Gasteiger partial charge >= 0.3 is 0 Å². The second kappa shape index (κ2) is 10.6. The summed E-state index contributed by atoms with van der Waals surface area (Å²) in [6.45, 7) is 8.98. The highest BCUT2D eigenvalue weighted by molar-refractivity contribution is 6.30. The van der Waals surface area contributed by atoms with Crippen LogP contribution in [0.2, 0.25) is 5.02 Å². The van der Waals surface area contributed by atoms with Crippen LogP contribution in [0.1, 0.15) is 33.1 Å². The summed E-state index contributed by atoms with van der Waals surface area (Å²) in [6, 6.07) is 13.1. The van der Waals surface area contributed by atoms with Crippen LogP contribution in [0, 0.1) is 5.92 Å². The molecule has 1 saturated heterocycles. The standard InChI is InChI=1S/C28H34ClN5O2/c1-19(2)30-26(35)18-34-27(21-5-3-6-22(29)15-21)31-25-10-9-23(16-24(25)28(34)36)33-12-4-11-32(13-14-33)17-20-7-8-20/h3,5-6,9-10,15-16,19-20H,4,7-8,11-14,17-18H2,1-2H3,(H,30,35). The number of carbonyl (C=O) groups is 1. The molecule has 0 spiro atoms. The molecule has 1 aliphatic heterocycles. The molecule has 7 nitrogen and oxygen atoms in total. The lowest BCUT2D eigenvalue weighted by molar-refractivity contribution is -0.122. The molecule has 1 aromatic heterocycles. The summed E-state index contributed by atoms with van der Waals surface area (Å²) >= 11 is 6.24. The average Bonchev–Trinajstić information content (AvgIpc) is 3.68. The van der Waals surface area contributed by atoms with Gasteiger partial charge in [0.25, 0.3) is 5.56 Å². The van der Waals surface area contributed by atoms with Crippen LogP contribution in [0.25, 0.3) is 22.3 Å². The van der Waals surface area contributed by atoms with E-state index in [1.807, 2.05) is 38.1 Å². The van der Waals surface area contributed by atoms with Gasteiger partial charge in [-0.3, -0.25) is 14.2 Å². The Morgan fingerprint density at radius 2 is 1.94 bits per heavy atom. The first-order valence-corrected chi connectivity index (χ1v) is 13.3. The fourth-order valence-corrected chi connectivity index (χ4v) is 5.18. The summed E-state index contributed by atoms with van der Waals surface area (Å²) in [5.41, 5.74) is 2.12. The molecular formula is C28H34ClN5O2. The first-order valence-electron chi connectivity index (χ1n) is 12.9. The van der Waals surface area contributed by atoms with E-state index < -0.39 is 0 Å². The number of halogens is 1. The molecule has 5 rings (SSSR count). The minimum Gasteiger partial charge on any atom is -0.370 e. The van der Waals surface area contributed by atoms with E-state index >= 15 is 0 Å². The number of anilines is 1. The van der Waals surface area contributed by atoms with Crippen molar-refractivity contribution in [3.8, 4) is 11.4 Å². The molecule has 0 radical (unpaired) electrons. The Morgan fingerprint density at radius 3 is 2.69 bits per heavy atom. The van der Waals surface area contributed by atoms with Crippen molar-refractivity contribution in [3.63, 3.8) is 0 Å². The van der Waals surface area contributed by atoms with Crippen molar-refractivity contribution >= 4 is 34.1 Å². The highest BCUT2D eigenvalue weighted by atomic mass is 35.5. The summed E-state index contributed by atoms with van der Waals surface area (Å²) in [7, 11) is 0. The van der Waals surface area contributed by atoms with Gasteiger partial charge < -0.3 is 15.1 Å². The first-order chi connectivity index (χ1) is 17.4. The Hall–Kier alpha value is -2.90. The number of rotatable bonds is 7. The maximum atomic E-state index is 13.8. The van der Waals surface area contributed by atoms with Gasteiger partial charge in [0, 0.05) is 48.5 Å². The smallest absolute Gasteiger partial charge is 0.262 e. The maximum absolute atomic E-state index is 13.8. The fraction of sp³-hybridized carbons (Fsp3) is 0.464. The number of benzene rings is 2. The molecule has 1 saturated carbocycles. The molecule has 1 amide bonds. The van der Waals surface area contributed by atoms with E-state index in [2.05, 4.69) is 21.2 Å². The Bertz CT molecular complexity index is 1320. The van der Waals surface area contributed by atoms with Crippen molar-refractivity contribution in [2.75, 3.05) is 37.6 Å². The number of aromatic nitrogens is 2. The summed E-state index contributed by atoms with van der Waals surface area (Å²) < 4.78 is 1.47. The molecule has 190 valence electrons. The summed E-state index contributed by atoms with van der Waals surface area (Å²) in [5, 5.41) is 3.95. The monoisotopic (exact) mass is 507 g/mol. The number of nitrogens with one attached hydrogen (secondary N) is 1. The molecule has 0 atom stereocenters. The quantitative estimate of drug-likeness (QED) is 0.520. The van der Waals surface area contributed by atoms with Gasteiger partial charge in [0.1, 0.15) is 12.4 Å². The number of hydrogen-bond donors (Lipinski definition) is 1. The van der Waals surface area contributed by atoms with Crippen LogP contribution in [0.3, 0.4) is 0 Å². The van der Waals surface area contributed by atoms with Gasteiger partial charge in [-0.2, -0.15) is 0 Å². The fourth-order valence-electron chi connectivity index (χ4n) is 4.99. The number of nitrogens with zero attached hydrogens (tertiary/aromatic N) is 4. The summed E-state index contributed by atoms with van der Waals surface area (Å²) in [4.78, 5) is 36.3. The lowest BCUT2D eigenvalue weighted by Gasteiger charge is -2.24. The second-order valence-electron chi connectivity index (χ2n) is 10.3. The second-order valence-corrected chi connectivity index (χ2v) is 10.8. The minimum absolute atomic E-state index is 0.0228. The zero-order chi connectivity index (χ0) is 25.2. The zero-order valence-electron chi connectivity index (χ0n) is 21.0. The minimum atomic E-state index is -0.226. The molecule has 2 aromatic carbocycles. The topological polar surface area (TPSA) is 70.5 Å². The summed E-state index contributed by atoms with van der Waals surface area (Å²) in [6.07, 6.45) is 3.85. The van der Waals surface area contributed by atoms with Gasteiger partial charge in [0.05, 0.1) is 10.9 Å². The van der Waals surface area contributed by atoms with Crippen molar-refractivity contribution in [2.45, 2.75) is 45.7 Å². The Kier molecular flexibility index (Phi) is 7.30. The third kappa shape index (κ3) is 5.73. The SMILES string of the molecule is CC(C)NC(=O)Cn1c(-c2cccc(Cl)c2)nc2ccc(N3CCCN(CC4CC4)CC3)cc2c1=O.